The van der Waals surface area contributed by atoms with Gasteiger partial charge in [0.2, 0.25) is 0 Å². The molecule has 0 saturated carbocycles. The third kappa shape index (κ3) is 5.13. The van der Waals surface area contributed by atoms with Crippen LogP contribution in [-0.4, -0.2) is 13.0 Å². The standard InChI is InChI=1S/C17H9Cl2F3O4S.Na.H/c18-14-7-11(17(20,21)22)8-15(19)16(14)26-12-3-1-10-6-13(27(23,24)25)4-2-9(10)5-12;;/h1-8H,(H,23,24,25);;/q;+1;-1. The number of benzene rings is 3. The fourth-order valence-corrected chi connectivity index (χ4v) is 3.44. The van der Waals surface area contributed by atoms with E-state index < -0.39 is 21.9 Å². The molecule has 3 aromatic carbocycles. The van der Waals surface area contributed by atoms with Crippen LogP contribution < -0.4 is 34.3 Å². The van der Waals surface area contributed by atoms with Gasteiger partial charge in [-0.1, -0.05) is 35.3 Å². The molecule has 0 aromatic heterocycles. The first-order valence-corrected chi connectivity index (χ1v) is 9.40. The Hall–Kier alpha value is -1.000. The van der Waals surface area contributed by atoms with Crippen molar-refractivity contribution >= 4 is 44.1 Å². The molecule has 11 heteroatoms. The topological polar surface area (TPSA) is 63.6 Å². The zero-order chi connectivity index (χ0) is 20.0. The van der Waals surface area contributed by atoms with E-state index in [1.807, 2.05) is 0 Å². The van der Waals surface area contributed by atoms with Gasteiger partial charge >= 0.3 is 35.7 Å². The molecular formula is C17H10Cl2F3NaO4S. The summed E-state index contributed by atoms with van der Waals surface area (Å²) in [7, 11) is -4.34. The SMILES string of the molecule is O=S(=O)(O)c1ccc2cc(Oc3c(Cl)cc(C(F)(F)F)cc3Cl)ccc2c1.[H-].[Na+]. The van der Waals surface area contributed by atoms with Crippen molar-refractivity contribution in [2.24, 2.45) is 0 Å². The van der Waals surface area contributed by atoms with E-state index in [0.717, 1.165) is 0 Å². The Morgan fingerprint density at radius 1 is 0.929 bits per heavy atom. The van der Waals surface area contributed by atoms with Crippen molar-refractivity contribution in [2.45, 2.75) is 11.1 Å². The summed E-state index contributed by atoms with van der Waals surface area (Å²) in [6.07, 6.45) is -4.60. The number of halogens is 5. The Labute approximate surface area is 191 Å². The molecule has 28 heavy (non-hydrogen) atoms. The Morgan fingerprint density at radius 2 is 1.46 bits per heavy atom. The minimum absolute atomic E-state index is 0. The van der Waals surface area contributed by atoms with Gasteiger partial charge < -0.3 is 6.16 Å². The molecule has 0 aliphatic heterocycles. The van der Waals surface area contributed by atoms with Gasteiger partial charge in [-0.25, -0.2) is 0 Å². The minimum Gasteiger partial charge on any atom is -1.00 e. The van der Waals surface area contributed by atoms with Crippen LogP contribution in [0.3, 0.4) is 0 Å². The molecule has 0 saturated heterocycles. The van der Waals surface area contributed by atoms with Gasteiger partial charge in [-0.05, 0) is 47.2 Å². The molecule has 0 aliphatic rings. The summed E-state index contributed by atoms with van der Waals surface area (Å²) >= 11 is 11.8. The third-order valence-electron chi connectivity index (χ3n) is 3.63. The minimum atomic E-state index is -4.60. The molecule has 0 spiro atoms. The predicted octanol–water partition coefficient (Wildman–Crippen LogP) is 3.32. The third-order valence-corrected chi connectivity index (χ3v) is 5.04. The predicted molar refractivity (Wildman–Crippen MR) is 96.4 cm³/mol. The van der Waals surface area contributed by atoms with Gasteiger partial charge in [0.15, 0.2) is 5.75 Å². The fourth-order valence-electron chi connectivity index (χ4n) is 2.36. The van der Waals surface area contributed by atoms with E-state index in [4.69, 9.17) is 32.5 Å². The zero-order valence-corrected chi connectivity index (χ0v) is 18.4. The molecule has 4 nitrogen and oxygen atoms in total. The van der Waals surface area contributed by atoms with Crippen molar-refractivity contribution in [2.75, 3.05) is 0 Å². The Kier molecular flexibility index (Phi) is 6.98. The van der Waals surface area contributed by atoms with E-state index in [0.29, 0.717) is 22.9 Å². The Bertz CT molecular complexity index is 1130. The van der Waals surface area contributed by atoms with Crippen LogP contribution in [0.4, 0.5) is 13.2 Å². The summed E-state index contributed by atoms with van der Waals surface area (Å²) in [6.45, 7) is 0. The summed E-state index contributed by atoms with van der Waals surface area (Å²) in [5.74, 6) is 0.0888. The van der Waals surface area contributed by atoms with Gasteiger partial charge in [0.25, 0.3) is 10.1 Å². The first-order valence-electron chi connectivity index (χ1n) is 7.20. The largest absolute Gasteiger partial charge is 1.00 e. The molecule has 1 N–H and O–H groups in total. The average molecular weight is 461 g/mol. The van der Waals surface area contributed by atoms with Crippen molar-refractivity contribution < 1.29 is 61.9 Å². The van der Waals surface area contributed by atoms with Gasteiger partial charge in [0, 0.05) is 0 Å². The van der Waals surface area contributed by atoms with Crippen LogP contribution in [0.1, 0.15) is 6.99 Å². The van der Waals surface area contributed by atoms with E-state index in [1.54, 1.807) is 0 Å². The first-order chi connectivity index (χ1) is 12.4. The van der Waals surface area contributed by atoms with E-state index in [-0.39, 0.29) is 57.4 Å². The van der Waals surface area contributed by atoms with Gasteiger partial charge in [0.05, 0.1) is 20.5 Å². The van der Waals surface area contributed by atoms with Gasteiger partial charge in [-0.15, -0.1) is 0 Å². The Balaban J connectivity index is 0.00000210. The molecule has 3 aromatic rings. The smallest absolute Gasteiger partial charge is 1.00 e. The molecule has 144 valence electrons. The quantitative estimate of drug-likeness (QED) is 0.481. The van der Waals surface area contributed by atoms with E-state index in [9.17, 15) is 21.6 Å². The van der Waals surface area contributed by atoms with Crippen LogP contribution in [0.25, 0.3) is 10.8 Å². The van der Waals surface area contributed by atoms with Crippen molar-refractivity contribution in [3.05, 3.63) is 64.1 Å². The number of alkyl halides is 3. The average Bonchev–Trinajstić information content (AvgIpc) is 2.55. The van der Waals surface area contributed by atoms with Crippen LogP contribution in [0.5, 0.6) is 11.5 Å². The fraction of sp³-hybridized carbons (Fsp3) is 0.0588. The molecular weight excluding hydrogens is 451 g/mol. The molecule has 0 heterocycles. The van der Waals surface area contributed by atoms with Crippen molar-refractivity contribution in [3.63, 3.8) is 0 Å². The molecule has 0 fully saturated rings. The molecule has 0 bridgehead atoms. The van der Waals surface area contributed by atoms with E-state index in [1.165, 1.54) is 36.4 Å². The second-order valence-corrected chi connectivity index (χ2v) is 7.75. The van der Waals surface area contributed by atoms with Crippen LogP contribution in [0.15, 0.2) is 53.4 Å². The van der Waals surface area contributed by atoms with Gasteiger partial charge in [-0.2, -0.15) is 21.6 Å². The number of hydrogen-bond donors (Lipinski definition) is 1. The van der Waals surface area contributed by atoms with Gasteiger partial charge in [0.1, 0.15) is 5.75 Å². The maximum Gasteiger partial charge on any atom is 1.00 e. The number of ether oxygens (including phenoxy) is 1. The monoisotopic (exact) mass is 460 g/mol. The molecule has 0 aliphatic carbocycles. The normalized spacial score (nSPS) is 11.9. The van der Waals surface area contributed by atoms with Crippen LogP contribution in [0, 0.1) is 0 Å². The maximum absolute atomic E-state index is 12.8. The molecule has 0 radical (unpaired) electrons. The summed E-state index contributed by atoms with van der Waals surface area (Å²) in [5.41, 5.74) is -0.999. The summed E-state index contributed by atoms with van der Waals surface area (Å²) in [6, 6.07) is 9.84. The summed E-state index contributed by atoms with van der Waals surface area (Å²) in [5, 5.41) is 0.453. The van der Waals surface area contributed by atoms with Crippen LogP contribution in [0.2, 0.25) is 10.0 Å². The zero-order valence-electron chi connectivity index (χ0n) is 15.1. The van der Waals surface area contributed by atoms with Crippen LogP contribution in [-0.2, 0) is 16.3 Å². The summed E-state index contributed by atoms with van der Waals surface area (Å²) < 4.78 is 75.3. The van der Waals surface area contributed by atoms with Crippen LogP contribution >= 0.6 is 23.2 Å². The second kappa shape index (κ2) is 8.39. The number of rotatable bonds is 3. The van der Waals surface area contributed by atoms with Crippen molar-refractivity contribution in [1.82, 2.24) is 0 Å². The Morgan fingerprint density at radius 3 is 2.00 bits per heavy atom. The molecule has 0 unspecified atom stereocenters. The molecule has 0 amide bonds. The first kappa shape index (κ1) is 23.3. The van der Waals surface area contributed by atoms with E-state index >= 15 is 0 Å². The van der Waals surface area contributed by atoms with E-state index in [2.05, 4.69) is 0 Å². The maximum atomic E-state index is 12.8. The number of hydrogen-bond acceptors (Lipinski definition) is 3. The van der Waals surface area contributed by atoms with Crippen molar-refractivity contribution in [1.29, 1.82) is 0 Å². The second-order valence-electron chi connectivity index (χ2n) is 5.51. The molecule has 3 rings (SSSR count). The van der Waals surface area contributed by atoms with Gasteiger partial charge in [-0.3, -0.25) is 4.55 Å². The van der Waals surface area contributed by atoms with Crippen molar-refractivity contribution in [3.8, 4) is 11.5 Å². The number of fused-ring (bicyclic) bond motifs is 1. The summed E-state index contributed by atoms with van der Waals surface area (Å²) in [4.78, 5) is -0.266. The molecule has 0 atom stereocenters.